The van der Waals surface area contributed by atoms with Crippen LogP contribution < -0.4 is 11.1 Å². The van der Waals surface area contributed by atoms with Crippen LogP contribution in [0.3, 0.4) is 0 Å². The lowest BCUT2D eigenvalue weighted by Crippen LogP contribution is -2.44. The van der Waals surface area contributed by atoms with Crippen molar-refractivity contribution in [2.75, 3.05) is 26.2 Å². The Labute approximate surface area is 124 Å². The van der Waals surface area contributed by atoms with E-state index in [1.165, 1.54) is 51.7 Å². The highest BCUT2D eigenvalue weighted by Crippen LogP contribution is 2.10. The summed E-state index contributed by atoms with van der Waals surface area (Å²) in [5, 5.41) is 2.96. The van der Waals surface area contributed by atoms with Crippen LogP contribution in [0.25, 0.3) is 0 Å². The number of nitrogens with one attached hydrogen (secondary N) is 1. The summed E-state index contributed by atoms with van der Waals surface area (Å²) in [7, 11) is 0. The Morgan fingerprint density at radius 1 is 1.20 bits per heavy atom. The van der Waals surface area contributed by atoms with Gasteiger partial charge in [-0.15, -0.1) is 0 Å². The van der Waals surface area contributed by atoms with Crippen LogP contribution in [0.1, 0.15) is 58.8 Å². The van der Waals surface area contributed by atoms with Crippen molar-refractivity contribution in [3.05, 3.63) is 0 Å². The van der Waals surface area contributed by atoms with Crippen molar-refractivity contribution in [3.8, 4) is 0 Å². The van der Waals surface area contributed by atoms with E-state index < -0.39 is 0 Å². The molecule has 0 bridgehead atoms. The zero-order chi connectivity index (χ0) is 14.8. The van der Waals surface area contributed by atoms with E-state index in [9.17, 15) is 4.79 Å². The van der Waals surface area contributed by atoms with E-state index in [1.807, 2.05) is 6.92 Å². The van der Waals surface area contributed by atoms with Crippen molar-refractivity contribution in [2.24, 2.45) is 11.7 Å². The summed E-state index contributed by atoms with van der Waals surface area (Å²) >= 11 is 0. The van der Waals surface area contributed by atoms with Crippen molar-refractivity contribution >= 4 is 5.91 Å². The minimum absolute atomic E-state index is 0.00961. The van der Waals surface area contributed by atoms with Crippen molar-refractivity contribution < 1.29 is 4.79 Å². The molecule has 1 aliphatic heterocycles. The van der Waals surface area contributed by atoms with E-state index in [4.69, 9.17) is 5.73 Å². The zero-order valence-corrected chi connectivity index (χ0v) is 13.4. The highest BCUT2D eigenvalue weighted by molar-refractivity contribution is 5.81. The first-order valence-corrected chi connectivity index (χ1v) is 8.40. The minimum atomic E-state index is -0.353. The second-order valence-electron chi connectivity index (χ2n) is 6.17. The van der Waals surface area contributed by atoms with Crippen molar-refractivity contribution in [2.45, 2.75) is 64.8 Å². The molecule has 20 heavy (non-hydrogen) atoms. The second-order valence-corrected chi connectivity index (χ2v) is 6.17. The van der Waals surface area contributed by atoms with Crippen LogP contribution in [0.4, 0.5) is 0 Å². The Morgan fingerprint density at radius 3 is 2.55 bits per heavy atom. The third kappa shape index (κ3) is 6.71. The van der Waals surface area contributed by atoms with Crippen LogP contribution in [0.5, 0.6) is 0 Å². The molecule has 0 aromatic carbocycles. The first-order chi connectivity index (χ1) is 9.65. The molecule has 0 spiro atoms. The number of piperidine rings is 1. The molecule has 0 aliphatic carbocycles. The fourth-order valence-corrected chi connectivity index (χ4v) is 2.66. The first-order valence-electron chi connectivity index (χ1n) is 8.40. The van der Waals surface area contributed by atoms with Crippen LogP contribution in [0, 0.1) is 5.92 Å². The van der Waals surface area contributed by atoms with E-state index in [1.54, 1.807) is 0 Å². The lowest BCUT2D eigenvalue weighted by atomic mass is 9.99. The molecule has 1 aliphatic rings. The summed E-state index contributed by atoms with van der Waals surface area (Å²) in [6.07, 6.45) is 8.58. The average molecular weight is 283 g/mol. The van der Waals surface area contributed by atoms with Crippen LogP contribution in [0.15, 0.2) is 0 Å². The predicted molar refractivity (Wildman–Crippen MR) is 84.6 cm³/mol. The molecule has 0 saturated carbocycles. The Hall–Kier alpha value is -0.610. The van der Waals surface area contributed by atoms with Crippen LogP contribution >= 0.6 is 0 Å². The smallest absolute Gasteiger partial charge is 0.237 e. The monoisotopic (exact) mass is 283 g/mol. The molecule has 1 saturated heterocycles. The number of hydrogen-bond acceptors (Lipinski definition) is 3. The molecular weight excluding hydrogens is 250 g/mol. The molecule has 1 fully saturated rings. The van der Waals surface area contributed by atoms with Crippen LogP contribution in [-0.4, -0.2) is 43.0 Å². The van der Waals surface area contributed by atoms with Gasteiger partial charge in [-0.1, -0.05) is 33.1 Å². The Kier molecular flexibility index (Phi) is 8.86. The third-order valence-corrected chi connectivity index (χ3v) is 4.46. The van der Waals surface area contributed by atoms with Crippen LogP contribution in [-0.2, 0) is 4.79 Å². The van der Waals surface area contributed by atoms with E-state index in [2.05, 4.69) is 17.1 Å². The lowest BCUT2D eigenvalue weighted by Gasteiger charge is -2.26. The molecule has 3 N–H and O–H groups in total. The topological polar surface area (TPSA) is 58.4 Å². The molecule has 1 heterocycles. The maximum atomic E-state index is 11.8. The standard InChI is InChI=1S/C16H33N3O/c1-3-14(2)15(17)16(20)18-10-6-4-7-11-19-12-8-5-9-13-19/h14-15H,3-13,17H2,1-2H3,(H,18,20). The lowest BCUT2D eigenvalue weighted by molar-refractivity contribution is -0.123. The molecular formula is C16H33N3O. The van der Waals surface area contributed by atoms with Crippen molar-refractivity contribution in [3.63, 3.8) is 0 Å². The molecule has 2 atom stereocenters. The quantitative estimate of drug-likeness (QED) is 0.637. The van der Waals surface area contributed by atoms with E-state index in [0.29, 0.717) is 0 Å². The summed E-state index contributed by atoms with van der Waals surface area (Å²) in [6.45, 7) is 8.64. The number of carbonyl (C=O) groups excluding carboxylic acids is 1. The SMILES string of the molecule is CCC(C)C(N)C(=O)NCCCCCN1CCCCC1. The molecule has 4 heteroatoms. The van der Waals surface area contributed by atoms with E-state index in [-0.39, 0.29) is 17.9 Å². The maximum Gasteiger partial charge on any atom is 0.237 e. The number of unbranched alkanes of at least 4 members (excludes halogenated alkanes) is 2. The summed E-state index contributed by atoms with van der Waals surface area (Å²) in [4.78, 5) is 14.3. The number of nitrogens with zero attached hydrogens (tertiary/aromatic N) is 1. The summed E-state index contributed by atoms with van der Waals surface area (Å²) in [5.41, 5.74) is 5.89. The number of hydrogen-bond donors (Lipinski definition) is 2. The fraction of sp³-hybridized carbons (Fsp3) is 0.938. The second kappa shape index (κ2) is 10.2. The summed E-state index contributed by atoms with van der Waals surface area (Å²) in [5.74, 6) is 0.268. The van der Waals surface area contributed by atoms with Gasteiger partial charge in [-0.3, -0.25) is 4.79 Å². The van der Waals surface area contributed by atoms with Gasteiger partial charge < -0.3 is 16.0 Å². The summed E-state index contributed by atoms with van der Waals surface area (Å²) in [6, 6.07) is -0.353. The summed E-state index contributed by atoms with van der Waals surface area (Å²) < 4.78 is 0. The first kappa shape index (κ1) is 17.4. The number of nitrogens with two attached hydrogens (primary N) is 1. The van der Waals surface area contributed by atoms with Gasteiger partial charge in [0.05, 0.1) is 6.04 Å². The number of likely N-dealkylation sites (tertiary alicyclic amines) is 1. The Bertz CT molecular complexity index is 264. The number of amides is 1. The average Bonchev–Trinajstić information content (AvgIpc) is 2.49. The number of carbonyl (C=O) groups is 1. The molecule has 1 rings (SSSR count). The van der Waals surface area contributed by atoms with Gasteiger partial charge in [0, 0.05) is 6.54 Å². The van der Waals surface area contributed by atoms with Gasteiger partial charge in [-0.05, 0) is 51.2 Å². The molecule has 0 aromatic rings. The molecule has 0 aromatic heterocycles. The fourth-order valence-electron chi connectivity index (χ4n) is 2.66. The van der Waals surface area contributed by atoms with Gasteiger partial charge in [0.25, 0.3) is 0 Å². The van der Waals surface area contributed by atoms with Gasteiger partial charge in [0.15, 0.2) is 0 Å². The van der Waals surface area contributed by atoms with Crippen molar-refractivity contribution in [1.29, 1.82) is 0 Å². The van der Waals surface area contributed by atoms with Gasteiger partial charge in [-0.2, -0.15) is 0 Å². The number of rotatable bonds is 9. The molecule has 0 radical (unpaired) electrons. The minimum Gasteiger partial charge on any atom is -0.355 e. The van der Waals surface area contributed by atoms with E-state index in [0.717, 1.165) is 19.4 Å². The molecule has 1 amide bonds. The van der Waals surface area contributed by atoms with Crippen LogP contribution in [0.2, 0.25) is 0 Å². The van der Waals surface area contributed by atoms with E-state index >= 15 is 0 Å². The molecule has 118 valence electrons. The normalized spacial score (nSPS) is 19.6. The van der Waals surface area contributed by atoms with Gasteiger partial charge in [0.1, 0.15) is 0 Å². The Balaban J connectivity index is 1.97. The molecule has 4 nitrogen and oxygen atoms in total. The highest BCUT2D eigenvalue weighted by atomic mass is 16.2. The zero-order valence-electron chi connectivity index (χ0n) is 13.4. The van der Waals surface area contributed by atoms with Gasteiger partial charge in [-0.25, -0.2) is 0 Å². The third-order valence-electron chi connectivity index (χ3n) is 4.46. The van der Waals surface area contributed by atoms with Crippen molar-refractivity contribution in [1.82, 2.24) is 10.2 Å². The van der Waals surface area contributed by atoms with Gasteiger partial charge in [0.2, 0.25) is 5.91 Å². The highest BCUT2D eigenvalue weighted by Gasteiger charge is 2.18. The predicted octanol–water partition coefficient (Wildman–Crippen LogP) is 2.13. The van der Waals surface area contributed by atoms with Gasteiger partial charge >= 0.3 is 0 Å². The Morgan fingerprint density at radius 2 is 1.90 bits per heavy atom. The maximum absolute atomic E-state index is 11.8. The largest absolute Gasteiger partial charge is 0.355 e. The molecule has 2 unspecified atom stereocenters.